The highest BCUT2D eigenvalue weighted by molar-refractivity contribution is 7.21. The molecule has 2 aromatic carbocycles. The number of para-hydroxylation sites is 1. The van der Waals surface area contributed by atoms with Gasteiger partial charge in [0, 0.05) is 25.3 Å². The van der Waals surface area contributed by atoms with E-state index in [1.807, 2.05) is 61.5 Å². The molecule has 0 radical (unpaired) electrons. The predicted octanol–water partition coefficient (Wildman–Crippen LogP) is 6.27. The van der Waals surface area contributed by atoms with Crippen LogP contribution in [-0.2, 0) is 4.79 Å². The Morgan fingerprint density at radius 3 is 2.72 bits per heavy atom. The third-order valence-corrected chi connectivity index (χ3v) is 8.62. The Kier molecular flexibility index (Phi) is 7.52. The van der Waals surface area contributed by atoms with Gasteiger partial charge in [-0.15, -0.1) is 11.3 Å². The molecule has 0 spiro atoms. The second kappa shape index (κ2) is 11.6. The lowest BCUT2D eigenvalue weighted by molar-refractivity contribution is -0.128. The van der Waals surface area contributed by atoms with Gasteiger partial charge in [-0.25, -0.2) is 9.78 Å². The van der Waals surface area contributed by atoms with Crippen molar-refractivity contribution >= 4 is 56.5 Å². The maximum absolute atomic E-state index is 13.6. The van der Waals surface area contributed by atoms with Crippen LogP contribution in [0.15, 0.2) is 72.4 Å². The van der Waals surface area contributed by atoms with Crippen LogP contribution >= 0.6 is 11.3 Å². The molecule has 43 heavy (non-hydrogen) atoms. The third kappa shape index (κ3) is 5.29. The fraction of sp³-hybridized carbons (Fsp3) is 0.219. The molecule has 0 bridgehead atoms. The van der Waals surface area contributed by atoms with Gasteiger partial charge in [0.05, 0.1) is 22.4 Å². The smallest absolute Gasteiger partial charge is 0.331 e. The lowest BCUT2D eigenvalue weighted by Crippen LogP contribution is -2.49. The number of aromatic nitrogens is 1. The van der Waals surface area contributed by atoms with Gasteiger partial charge in [0.1, 0.15) is 32.8 Å². The zero-order valence-corrected chi connectivity index (χ0v) is 24.4. The molecule has 4 aromatic rings. The Morgan fingerprint density at radius 2 is 1.98 bits per heavy atom. The second-order valence-corrected chi connectivity index (χ2v) is 11.3. The van der Waals surface area contributed by atoms with E-state index in [1.54, 1.807) is 29.0 Å². The van der Waals surface area contributed by atoms with E-state index in [1.165, 1.54) is 17.4 Å². The molecular weight excluding hydrogens is 564 g/mol. The fourth-order valence-corrected chi connectivity index (χ4v) is 6.51. The average Bonchev–Trinajstić information content (AvgIpc) is 3.38. The van der Waals surface area contributed by atoms with Gasteiger partial charge in [-0.05, 0) is 68.7 Å². The largest absolute Gasteiger partial charge is 0.457 e. The number of urea groups is 1. The number of rotatable bonds is 6. The average molecular weight is 593 g/mol. The number of thiophene rings is 1. The number of allylic oxidation sites excluding steroid dienone is 1. The van der Waals surface area contributed by atoms with Crippen LogP contribution in [-0.4, -0.2) is 46.9 Å². The van der Waals surface area contributed by atoms with Gasteiger partial charge in [-0.2, -0.15) is 5.26 Å². The molecule has 2 N–H and O–H groups in total. The van der Waals surface area contributed by atoms with Gasteiger partial charge >= 0.3 is 6.03 Å². The van der Waals surface area contributed by atoms with E-state index in [4.69, 9.17) is 4.74 Å². The van der Waals surface area contributed by atoms with E-state index in [9.17, 15) is 19.6 Å². The summed E-state index contributed by atoms with van der Waals surface area (Å²) in [5.74, 6) is 0.684. The summed E-state index contributed by atoms with van der Waals surface area (Å²) in [5, 5.41) is 15.9. The minimum absolute atomic E-state index is 0.0837. The molecule has 6 rings (SSSR count). The number of benzene rings is 2. The van der Waals surface area contributed by atoms with Crippen molar-refractivity contribution in [1.82, 2.24) is 15.2 Å². The van der Waals surface area contributed by atoms with Crippen molar-refractivity contribution in [2.24, 2.45) is 0 Å². The summed E-state index contributed by atoms with van der Waals surface area (Å²) in [7, 11) is 0. The van der Waals surface area contributed by atoms with Crippen molar-refractivity contribution in [1.29, 1.82) is 5.26 Å². The number of piperidine rings is 1. The van der Waals surface area contributed by atoms with Crippen LogP contribution in [0.1, 0.15) is 35.0 Å². The number of hydrogen-bond acceptors (Lipinski definition) is 7. The first-order valence-electron chi connectivity index (χ1n) is 13.9. The first kappa shape index (κ1) is 27.9. The summed E-state index contributed by atoms with van der Waals surface area (Å²) >= 11 is 1.21. The van der Waals surface area contributed by atoms with Gasteiger partial charge in [-0.1, -0.05) is 24.3 Å². The quantitative estimate of drug-likeness (QED) is 0.201. The lowest BCUT2D eigenvalue weighted by Gasteiger charge is -2.33. The second-order valence-electron chi connectivity index (χ2n) is 10.3. The SMILES string of the molecule is CC=C(C#N)C(=O)N1CCCC(NC(=O)c2sc3nccc4c3c2NC(=O)N4c2ccc(Oc3ccccc3)cc2C)C1. The highest BCUT2D eigenvalue weighted by Crippen LogP contribution is 2.46. The van der Waals surface area contributed by atoms with Crippen molar-refractivity contribution in [3.05, 3.63) is 82.9 Å². The van der Waals surface area contributed by atoms with Gasteiger partial charge in [0.2, 0.25) is 0 Å². The molecule has 2 aliphatic rings. The summed E-state index contributed by atoms with van der Waals surface area (Å²) in [5.41, 5.74) is 2.65. The summed E-state index contributed by atoms with van der Waals surface area (Å²) in [6, 6.07) is 18.0. The molecule has 4 amide bonds. The number of hydrogen-bond donors (Lipinski definition) is 2. The summed E-state index contributed by atoms with van der Waals surface area (Å²) in [4.78, 5) is 48.5. The highest BCUT2D eigenvalue weighted by atomic mass is 32.1. The normalized spacial score (nSPS) is 16.4. The number of ether oxygens (including phenoxy) is 1. The van der Waals surface area contributed by atoms with E-state index >= 15 is 0 Å². The Bertz CT molecular complexity index is 1830. The molecule has 1 saturated heterocycles. The van der Waals surface area contributed by atoms with Crippen LogP contribution in [0.5, 0.6) is 11.5 Å². The maximum atomic E-state index is 13.6. The number of carbonyl (C=O) groups excluding carboxylic acids is 3. The number of likely N-dealkylation sites (tertiary alicyclic amines) is 1. The Balaban J connectivity index is 1.26. The number of amides is 4. The van der Waals surface area contributed by atoms with Gasteiger partial charge in [0.15, 0.2) is 0 Å². The summed E-state index contributed by atoms with van der Waals surface area (Å²) in [6.07, 6.45) is 4.52. The number of nitrogens with zero attached hydrogens (tertiary/aromatic N) is 4. The van der Waals surface area contributed by atoms with Crippen molar-refractivity contribution in [2.45, 2.75) is 32.7 Å². The Hall–Kier alpha value is -5.21. The zero-order chi connectivity index (χ0) is 30.1. The standard InChI is InChI=1S/C32H28N6O4S/c1-3-20(17-33)31(40)37-15-7-8-21(18-37)35-29(39)28-27-26-25(13-14-34-30(26)43-28)38(32(41)36-27)24-12-11-23(16-19(24)2)42-22-9-5-4-6-10-22/h3-6,9-14,16,21H,7-8,15,18H2,1-2H3,(H,35,39)(H,36,41). The van der Waals surface area contributed by atoms with E-state index in [0.29, 0.717) is 69.6 Å². The Labute approximate surface area is 252 Å². The van der Waals surface area contributed by atoms with Crippen LogP contribution in [0.4, 0.5) is 21.9 Å². The van der Waals surface area contributed by atoms with Crippen LogP contribution in [0.2, 0.25) is 0 Å². The first-order valence-corrected chi connectivity index (χ1v) is 14.7. The van der Waals surface area contributed by atoms with Crippen LogP contribution in [0, 0.1) is 18.3 Å². The van der Waals surface area contributed by atoms with Crippen molar-refractivity contribution in [3.63, 3.8) is 0 Å². The molecule has 0 aliphatic carbocycles. The fourth-order valence-electron chi connectivity index (χ4n) is 5.49. The van der Waals surface area contributed by atoms with Crippen LogP contribution in [0.25, 0.3) is 10.2 Å². The highest BCUT2D eigenvalue weighted by Gasteiger charge is 2.34. The molecule has 216 valence electrons. The van der Waals surface area contributed by atoms with E-state index in [2.05, 4.69) is 15.6 Å². The Morgan fingerprint density at radius 1 is 1.16 bits per heavy atom. The molecule has 1 fully saturated rings. The molecule has 0 saturated carbocycles. The minimum atomic E-state index is -0.392. The summed E-state index contributed by atoms with van der Waals surface area (Å²) in [6.45, 7) is 4.39. The molecule has 1 unspecified atom stereocenters. The van der Waals surface area contributed by atoms with E-state index < -0.39 is 6.03 Å². The molecule has 10 nitrogen and oxygen atoms in total. The van der Waals surface area contributed by atoms with Gasteiger partial charge < -0.3 is 20.3 Å². The zero-order valence-electron chi connectivity index (χ0n) is 23.6. The lowest BCUT2D eigenvalue weighted by atomic mass is 10.0. The number of anilines is 3. The molecule has 11 heteroatoms. The number of aryl methyl sites for hydroxylation is 1. The summed E-state index contributed by atoms with van der Waals surface area (Å²) < 4.78 is 5.97. The molecular formula is C32H28N6O4S. The monoisotopic (exact) mass is 592 g/mol. The number of pyridine rings is 1. The van der Waals surface area contributed by atoms with E-state index in [0.717, 1.165) is 5.56 Å². The maximum Gasteiger partial charge on any atom is 0.331 e. The third-order valence-electron chi connectivity index (χ3n) is 7.52. The van der Waals surface area contributed by atoms with Crippen LogP contribution < -0.4 is 20.3 Å². The molecule has 2 aliphatic heterocycles. The number of nitrogens with one attached hydrogen (secondary N) is 2. The molecule has 1 atom stereocenters. The molecule has 4 heterocycles. The first-order chi connectivity index (χ1) is 20.9. The van der Waals surface area contributed by atoms with E-state index in [-0.39, 0.29) is 23.4 Å². The van der Waals surface area contributed by atoms with Crippen LogP contribution in [0.3, 0.4) is 0 Å². The van der Waals surface area contributed by atoms with Gasteiger partial charge in [-0.3, -0.25) is 14.5 Å². The van der Waals surface area contributed by atoms with Gasteiger partial charge in [0.25, 0.3) is 11.8 Å². The molecule has 2 aromatic heterocycles. The van der Waals surface area contributed by atoms with Crippen molar-refractivity contribution < 1.29 is 19.1 Å². The topological polar surface area (TPSA) is 128 Å². The number of nitriles is 1. The minimum Gasteiger partial charge on any atom is -0.457 e. The van der Waals surface area contributed by atoms with Crippen molar-refractivity contribution in [3.8, 4) is 17.6 Å². The number of carbonyl (C=O) groups is 3. The van der Waals surface area contributed by atoms with Crippen molar-refractivity contribution in [2.75, 3.05) is 23.3 Å². The predicted molar refractivity (Wildman–Crippen MR) is 165 cm³/mol.